The molecule has 0 amide bonds. The summed E-state index contributed by atoms with van der Waals surface area (Å²) in [6, 6.07) is 5.70. The molecule has 2 bridgehead atoms. The largest absolute Gasteiger partial charge is 0.461 e. The highest BCUT2D eigenvalue weighted by atomic mass is 32.1. The topological polar surface area (TPSA) is 92.4 Å². The van der Waals surface area contributed by atoms with Gasteiger partial charge in [0.25, 0.3) is 0 Å². The average molecular weight is 590 g/mol. The van der Waals surface area contributed by atoms with Crippen molar-refractivity contribution >= 4 is 49.5 Å². The lowest BCUT2D eigenvalue weighted by Gasteiger charge is -2.35. The van der Waals surface area contributed by atoms with Crippen molar-refractivity contribution < 1.29 is 13.5 Å². The molecular formula is C31H33F2N7OS. The van der Waals surface area contributed by atoms with Crippen molar-refractivity contribution in [3.8, 4) is 17.1 Å². The third-order valence-corrected chi connectivity index (χ3v) is 10.6. The van der Waals surface area contributed by atoms with E-state index in [1.807, 2.05) is 6.07 Å². The summed E-state index contributed by atoms with van der Waals surface area (Å²) >= 11 is 1.05. The number of nitrogen functional groups attached to an aromatic ring is 1. The van der Waals surface area contributed by atoms with Crippen LogP contribution in [0.15, 0.2) is 24.8 Å². The zero-order valence-corrected chi connectivity index (χ0v) is 24.2. The highest BCUT2D eigenvalue weighted by Crippen LogP contribution is 2.43. The lowest BCUT2D eigenvalue weighted by atomic mass is 9.95. The Kier molecular flexibility index (Phi) is 6.13. The average Bonchev–Trinajstić information content (AvgIpc) is 3.75. The highest BCUT2D eigenvalue weighted by Gasteiger charge is 2.45. The van der Waals surface area contributed by atoms with Crippen LogP contribution in [0.4, 0.5) is 19.7 Å². The number of hydrogen-bond donors (Lipinski definition) is 2. The van der Waals surface area contributed by atoms with Crippen molar-refractivity contribution in [3.05, 3.63) is 42.0 Å². The fourth-order valence-electron chi connectivity index (χ4n) is 7.77. The zero-order valence-electron chi connectivity index (χ0n) is 23.3. The number of halogens is 2. The Morgan fingerprint density at radius 1 is 1.10 bits per heavy atom. The Hall–Kier alpha value is -3.41. The first-order valence-electron chi connectivity index (χ1n) is 14.8. The molecule has 4 fully saturated rings. The van der Waals surface area contributed by atoms with Crippen LogP contribution in [0.2, 0.25) is 0 Å². The van der Waals surface area contributed by atoms with E-state index in [9.17, 15) is 4.39 Å². The molecule has 4 saturated heterocycles. The van der Waals surface area contributed by atoms with Gasteiger partial charge in [-0.1, -0.05) is 24.0 Å². The number of fused-ring (bicyclic) bond motifs is 5. The maximum atomic E-state index is 16.9. The van der Waals surface area contributed by atoms with Crippen molar-refractivity contribution in [1.82, 2.24) is 25.2 Å². The molecule has 4 aromatic rings. The van der Waals surface area contributed by atoms with Crippen molar-refractivity contribution in [2.75, 3.05) is 43.4 Å². The number of hydrogen-bond acceptors (Lipinski definition) is 9. The molecule has 4 aliphatic heterocycles. The predicted molar refractivity (Wildman–Crippen MR) is 163 cm³/mol. The summed E-state index contributed by atoms with van der Waals surface area (Å²) in [6.45, 7) is 8.22. The van der Waals surface area contributed by atoms with Crippen LogP contribution in [0.3, 0.4) is 0 Å². The maximum Gasteiger partial charge on any atom is 0.319 e. The summed E-state index contributed by atoms with van der Waals surface area (Å²) in [7, 11) is 0. The molecule has 0 saturated carbocycles. The van der Waals surface area contributed by atoms with E-state index >= 15 is 4.39 Å². The van der Waals surface area contributed by atoms with Gasteiger partial charge in [-0.2, -0.15) is 9.97 Å². The molecular weight excluding hydrogens is 556 g/mol. The van der Waals surface area contributed by atoms with Gasteiger partial charge in [0.1, 0.15) is 23.8 Å². The summed E-state index contributed by atoms with van der Waals surface area (Å²) in [5, 5.41) is 4.50. The summed E-state index contributed by atoms with van der Waals surface area (Å²) in [5.74, 6) is -0.295. The molecule has 8 nitrogen and oxygen atoms in total. The van der Waals surface area contributed by atoms with Gasteiger partial charge in [0.15, 0.2) is 10.9 Å². The van der Waals surface area contributed by atoms with Crippen LogP contribution in [0, 0.1) is 11.6 Å². The van der Waals surface area contributed by atoms with Gasteiger partial charge in [-0.25, -0.2) is 13.8 Å². The number of piperazine rings is 1. The van der Waals surface area contributed by atoms with Gasteiger partial charge in [-0.15, -0.1) is 0 Å². The van der Waals surface area contributed by atoms with Crippen molar-refractivity contribution in [2.45, 2.75) is 56.1 Å². The highest BCUT2D eigenvalue weighted by molar-refractivity contribution is 7.22. The first-order chi connectivity index (χ1) is 20.4. The summed E-state index contributed by atoms with van der Waals surface area (Å²) in [4.78, 5) is 18.8. The van der Waals surface area contributed by atoms with Crippen LogP contribution in [-0.2, 0) is 0 Å². The van der Waals surface area contributed by atoms with E-state index < -0.39 is 11.6 Å². The monoisotopic (exact) mass is 589 g/mol. The number of benzene rings is 2. The Balaban J connectivity index is 1.30. The fraction of sp³-hybridized carbons (Fsp3) is 0.452. The summed E-state index contributed by atoms with van der Waals surface area (Å²) in [5.41, 5.74) is 7.73. The van der Waals surface area contributed by atoms with E-state index in [4.69, 9.17) is 20.4 Å². The summed E-state index contributed by atoms with van der Waals surface area (Å²) in [6.07, 6.45) is 8.34. The Labute approximate surface area is 246 Å². The van der Waals surface area contributed by atoms with Crippen molar-refractivity contribution in [2.24, 2.45) is 0 Å². The Bertz CT molecular complexity index is 1720. The molecule has 0 spiro atoms. The molecule has 2 aromatic heterocycles. The molecule has 218 valence electrons. The number of anilines is 2. The quantitative estimate of drug-likeness (QED) is 0.311. The second-order valence-electron chi connectivity index (χ2n) is 12.2. The van der Waals surface area contributed by atoms with Crippen molar-refractivity contribution in [1.29, 1.82) is 0 Å². The first kappa shape index (κ1) is 26.2. The van der Waals surface area contributed by atoms with E-state index in [1.165, 1.54) is 6.07 Å². The van der Waals surface area contributed by atoms with Crippen molar-refractivity contribution in [3.63, 3.8) is 0 Å². The number of nitrogens with two attached hydrogens (primary N) is 1. The smallest absolute Gasteiger partial charge is 0.319 e. The molecule has 2 aromatic carbocycles. The van der Waals surface area contributed by atoms with Gasteiger partial charge in [0.2, 0.25) is 0 Å². The second kappa shape index (κ2) is 9.82. The third kappa shape index (κ3) is 4.08. The molecule has 42 heavy (non-hydrogen) atoms. The summed E-state index contributed by atoms with van der Waals surface area (Å²) < 4.78 is 38.2. The van der Waals surface area contributed by atoms with E-state index in [0.29, 0.717) is 51.2 Å². The van der Waals surface area contributed by atoms with Crippen LogP contribution >= 0.6 is 11.3 Å². The van der Waals surface area contributed by atoms with Crippen LogP contribution < -0.4 is 20.7 Å². The van der Waals surface area contributed by atoms with Gasteiger partial charge in [0.05, 0.1) is 15.8 Å². The molecule has 0 aliphatic carbocycles. The minimum absolute atomic E-state index is 0.00724. The number of nitrogens with zero attached hydrogens (tertiary/aromatic N) is 5. The number of rotatable bonds is 6. The van der Waals surface area contributed by atoms with Crippen LogP contribution in [0.5, 0.6) is 6.01 Å². The standard InChI is InChI=1S/C31H33F2N7OS/c1-2-17-13-21-25(24(33)23(17)20-7-8-22(32)27-26(20)36-29(34)42-27)37-30(41-16-31-9-3-11-40(31)12-4-10-31)38-28(21)39-14-18-5-6-19(15-39)35-18/h2,7-8,13,18-19,35H,1,3-6,9-12,14-16H2,(H2,34,36). The fourth-order valence-corrected chi connectivity index (χ4v) is 8.54. The molecule has 6 heterocycles. The minimum Gasteiger partial charge on any atom is -0.461 e. The van der Waals surface area contributed by atoms with Crippen LogP contribution in [0.1, 0.15) is 44.1 Å². The van der Waals surface area contributed by atoms with Gasteiger partial charge >= 0.3 is 6.01 Å². The van der Waals surface area contributed by atoms with Gasteiger partial charge < -0.3 is 20.7 Å². The predicted octanol–water partition coefficient (Wildman–Crippen LogP) is 5.36. The second-order valence-corrected chi connectivity index (χ2v) is 13.2. The van der Waals surface area contributed by atoms with Crippen LogP contribution in [-0.4, -0.2) is 70.3 Å². The SMILES string of the molecule is C=Cc1cc2c(N3CC4CCC(C3)N4)nc(OCC34CCCN3CCC4)nc2c(F)c1-c1ccc(F)c2sc(N)nc12. The van der Waals surface area contributed by atoms with E-state index in [0.717, 1.165) is 76.0 Å². The van der Waals surface area contributed by atoms with Gasteiger partial charge in [0, 0.05) is 41.7 Å². The molecule has 8 rings (SSSR count). The number of nitrogens with one attached hydrogen (secondary N) is 1. The normalized spacial score (nSPS) is 23.2. The Morgan fingerprint density at radius 2 is 1.86 bits per heavy atom. The molecule has 3 N–H and O–H groups in total. The molecule has 4 aliphatic rings. The minimum atomic E-state index is -0.532. The first-order valence-corrected chi connectivity index (χ1v) is 15.6. The molecule has 0 radical (unpaired) electrons. The zero-order chi connectivity index (χ0) is 28.6. The Morgan fingerprint density at radius 3 is 2.60 bits per heavy atom. The van der Waals surface area contributed by atoms with Gasteiger partial charge in [-0.3, -0.25) is 4.90 Å². The van der Waals surface area contributed by atoms with E-state index in [-0.39, 0.29) is 27.8 Å². The number of aromatic nitrogens is 3. The molecule has 2 unspecified atom stereocenters. The third-order valence-electron chi connectivity index (χ3n) is 9.72. The molecule has 11 heteroatoms. The van der Waals surface area contributed by atoms with E-state index in [2.05, 4.69) is 26.7 Å². The number of ether oxygens (including phenoxy) is 1. The van der Waals surface area contributed by atoms with E-state index in [1.54, 1.807) is 12.1 Å². The van der Waals surface area contributed by atoms with Crippen LogP contribution in [0.25, 0.3) is 38.3 Å². The lowest BCUT2D eigenvalue weighted by molar-refractivity contribution is 0.108. The maximum absolute atomic E-state index is 16.9. The number of thiazole rings is 1. The molecule has 2 atom stereocenters. The lowest BCUT2D eigenvalue weighted by Crippen LogP contribution is -2.51. The van der Waals surface area contributed by atoms with Gasteiger partial charge in [-0.05, 0) is 75.4 Å².